The molecule has 1 N–H and O–H groups in total. The first kappa shape index (κ1) is 14.6. The zero-order valence-electron chi connectivity index (χ0n) is 9.94. The predicted octanol–water partition coefficient (Wildman–Crippen LogP) is 3.72. The van der Waals surface area contributed by atoms with Gasteiger partial charge in [-0.3, -0.25) is 0 Å². The summed E-state index contributed by atoms with van der Waals surface area (Å²) < 4.78 is 7.17. The fourth-order valence-corrected chi connectivity index (χ4v) is 3.02. The number of benzene rings is 1. The fraction of sp³-hybridized carbons (Fsp3) is 0.385. The van der Waals surface area contributed by atoms with Crippen molar-refractivity contribution in [1.29, 1.82) is 0 Å². The Balaban J connectivity index is 2.57. The standard InChI is InChI=1S/C13H15Br2NO/c1-3-4-5-6-16-9-10-7-11(14)13(17-2)12(15)8-10/h7-8,16H,5-6,9H2,1-2H3. The van der Waals surface area contributed by atoms with Gasteiger partial charge in [-0.15, -0.1) is 11.8 Å². The predicted molar refractivity (Wildman–Crippen MR) is 78.2 cm³/mol. The molecule has 1 rings (SSSR count). The molecule has 4 heteroatoms. The van der Waals surface area contributed by atoms with E-state index in [0.29, 0.717) is 0 Å². The second-order valence-corrected chi connectivity index (χ2v) is 5.15. The second kappa shape index (κ2) is 7.75. The maximum atomic E-state index is 5.26. The lowest BCUT2D eigenvalue weighted by Gasteiger charge is -2.09. The molecule has 0 bridgehead atoms. The van der Waals surface area contributed by atoms with Crippen LogP contribution in [0.3, 0.4) is 0 Å². The summed E-state index contributed by atoms with van der Waals surface area (Å²) in [4.78, 5) is 0. The SMILES string of the molecule is CC#CCCNCc1cc(Br)c(OC)c(Br)c1. The number of hydrogen-bond acceptors (Lipinski definition) is 2. The maximum Gasteiger partial charge on any atom is 0.147 e. The first-order chi connectivity index (χ1) is 8.19. The van der Waals surface area contributed by atoms with Crippen molar-refractivity contribution in [2.45, 2.75) is 19.9 Å². The van der Waals surface area contributed by atoms with Crippen LogP contribution >= 0.6 is 31.9 Å². The van der Waals surface area contributed by atoms with Crippen LogP contribution in [0.1, 0.15) is 18.9 Å². The van der Waals surface area contributed by atoms with Crippen molar-refractivity contribution in [3.05, 3.63) is 26.6 Å². The molecule has 0 aliphatic carbocycles. The van der Waals surface area contributed by atoms with Gasteiger partial charge in [0.25, 0.3) is 0 Å². The van der Waals surface area contributed by atoms with E-state index in [1.807, 2.05) is 6.92 Å². The molecule has 0 radical (unpaired) electrons. The molecule has 0 unspecified atom stereocenters. The molecule has 0 spiro atoms. The summed E-state index contributed by atoms with van der Waals surface area (Å²) in [6.45, 7) is 3.59. The van der Waals surface area contributed by atoms with Gasteiger partial charge in [0.05, 0.1) is 16.1 Å². The van der Waals surface area contributed by atoms with Crippen LogP contribution in [0.2, 0.25) is 0 Å². The Morgan fingerprint density at radius 3 is 2.47 bits per heavy atom. The molecule has 0 aliphatic heterocycles. The zero-order chi connectivity index (χ0) is 12.7. The number of rotatable bonds is 5. The molecule has 92 valence electrons. The molecular formula is C13H15Br2NO. The van der Waals surface area contributed by atoms with E-state index in [4.69, 9.17) is 4.74 Å². The minimum absolute atomic E-state index is 0.825. The van der Waals surface area contributed by atoms with Crippen molar-refractivity contribution in [3.8, 4) is 17.6 Å². The molecule has 0 heterocycles. The lowest BCUT2D eigenvalue weighted by atomic mass is 10.2. The van der Waals surface area contributed by atoms with Gasteiger partial charge in [-0.2, -0.15) is 0 Å². The van der Waals surface area contributed by atoms with Gasteiger partial charge in [0, 0.05) is 19.5 Å². The lowest BCUT2D eigenvalue weighted by Crippen LogP contribution is -2.14. The number of nitrogens with one attached hydrogen (secondary N) is 1. The van der Waals surface area contributed by atoms with Gasteiger partial charge in [0.2, 0.25) is 0 Å². The molecule has 0 atom stereocenters. The smallest absolute Gasteiger partial charge is 0.147 e. The van der Waals surface area contributed by atoms with Crippen molar-refractivity contribution in [1.82, 2.24) is 5.32 Å². The second-order valence-electron chi connectivity index (χ2n) is 3.45. The van der Waals surface area contributed by atoms with Gasteiger partial charge in [-0.25, -0.2) is 0 Å². The lowest BCUT2D eigenvalue weighted by molar-refractivity contribution is 0.409. The van der Waals surface area contributed by atoms with Crippen molar-refractivity contribution in [3.63, 3.8) is 0 Å². The quantitative estimate of drug-likeness (QED) is 0.638. The number of hydrogen-bond donors (Lipinski definition) is 1. The molecule has 0 amide bonds. The minimum atomic E-state index is 0.825. The molecule has 17 heavy (non-hydrogen) atoms. The zero-order valence-corrected chi connectivity index (χ0v) is 13.1. The Morgan fingerprint density at radius 2 is 1.94 bits per heavy atom. The molecule has 0 saturated heterocycles. The van der Waals surface area contributed by atoms with Gasteiger partial charge < -0.3 is 10.1 Å². The van der Waals surface area contributed by atoms with Crippen LogP contribution in [0, 0.1) is 11.8 Å². The van der Waals surface area contributed by atoms with Crippen LogP contribution < -0.4 is 10.1 Å². The first-order valence-corrected chi connectivity index (χ1v) is 6.90. The Morgan fingerprint density at radius 1 is 1.29 bits per heavy atom. The van der Waals surface area contributed by atoms with E-state index < -0.39 is 0 Å². The van der Waals surface area contributed by atoms with Crippen LogP contribution in [-0.4, -0.2) is 13.7 Å². The topological polar surface area (TPSA) is 21.3 Å². The van der Waals surface area contributed by atoms with E-state index in [1.165, 1.54) is 5.56 Å². The van der Waals surface area contributed by atoms with E-state index in [0.717, 1.165) is 34.2 Å². The van der Waals surface area contributed by atoms with E-state index in [1.54, 1.807) is 7.11 Å². The van der Waals surface area contributed by atoms with Crippen LogP contribution in [0.5, 0.6) is 5.75 Å². The molecule has 0 fully saturated rings. The van der Waals surface area contributed by atoms with Crippen LogP contribution in [0.15, 0.2) is 21.1 Å². The first-order valence-electron chi connectivity index (χ1n) is 5.31. The van der Waals surface area contributed by atoms with Crippen molar-refractivity contribution < 1.29 is 4.74 Å². The number of halogens is 2. The number of methoxy groups -OCH3 is 1. The highest BCUT2D eigenvalue weighted by Gasteiger charge is 2.07. The third kappa shape index (κ3) is 4.71. The van der Waals surface area contributed by atoms with Crippen molar-refractivity contribution in [2.75, 3.05) is 13.7 Å². The van der Waals surface area contributed by atoms with E-state index in [-0.39, 0.29) is 0 Å². The van der Waals surface area contributed by atoms with Gasteiger partial charge >= 0.3 is 0 Å². The summed E-state index contributed by atoms with van der Waals surface area (Å²) in [6, 6.07) is 4.12. The van der Waals surface area contributed by atoms with Crippen molar-refractivity contribution >= 4 is 31.9 Å². The van der Waals surface area contributed by atoms with E-state index >= 15 is 0 Å². The normalized spacial score (nSPS) is 9.65. The highest BCUT2D eigenvalue weighted by Crippen LogP contribution is 2.34. The van der Waals surface area contributed by atoms with E-state index in [2.05, 4.69) is 61.2 Å². The molecule has 0 aromatic heterocycles. The highest BCUT2D eigenvalue weighted by molar-refractivity contribution is 9.11. The average molecular weight is 361 g/mol. The fourth-order valence-electron chi connectivity index (χ4n) is 1.42. The Labute approximate surface area is 119 Å². The Kier molecular flexibility index (Phi) is 6.64. The molecule has 0 saturated carbocycles. The molecule has 2 nitrogen and oxygen atoms in total. The number of ether oxygens (including phenoxy) is 1. The highest BCUT2D eigenvalue weighted by atomic mass is 79.9. The van der Waals surface area contributed by atoms with Crippen LogP contribution in [0.25, 0.3) is 0 Å². The van der Waals surface area contributed by atoms with E-state index in [9.17, 15) is 0 Å². The minimum Gasteiger partial charge on any atom is -0.494 e. The summed E-state index contributed by atoms with van der Waals surface area (Å²) >= 11 is 6.97. The van der Waals surface area contributed by atoms with Gasteiger partial charge in [-0.1, -0.05) is 0 Å². The Hall–Kier alpha value is -0.500. The monoisotopic (exact) mass is 359 g/mol. The van der Waals surface area contributed by atoms with Gasteiger partial charge in [0.1, 0.15) is 5.75 Å². The molecule has 0 aliphatic rings. The van der Waals surface area contributed by atoms with Gasteiger partial charge in [0.15, 0.2) is 0 Å². The largest absolute Gasteiger partial charge is 0.494 e. The summed E-state index contributed by atoms with van der Waals surface area (Å²) in [6.07, 6.45) is 0.884. The maximum absolute atomic E-state index is 5.26. The average Bonchev–Trinajstić information content (AvgIpc) is 2.28. The third-order valence-electron chi connectivity index (χ3n) is 2.19. The summed E-state index contributed by atoms with van der Waals surface area (Å²) in [5.41, 5.74) is 1.20. The van der Waals surface area contributed by atoms with Crippen LogP contribution in [0.4, 0.5) is 0 Å². The van der Waals surface area contributed by atoms with Crippen LogP contribution in [-0.2, 0) is 6.54 Å². The summed E-state index contributed by atoms with van der Waals surface area (Å²) in [5.74, 6) is 6.73. The summed E-state index contributed by atoms with van der Waals surface area (Å²) in [7, 11) is 1.66. The molecular weight excluding hydrogens is 346 g/mol. The molecule has 1 aromatic rings. The summed E-state index contributed by atoms with van der Waals surface area (Å²) in [5, 5.41) is 3.34. The Bertz CT molecular complexity index is 412. The third-order valence-corrected chi connectivity index (χ3v) is 3.37. The van der Waals surface area contributed by atoms with Gasteiger partial charge in [-0.05, 0) is 56.5 Å². The van der Waals surface area contributed by atoms with Crippen molar-refractivity contribution in [2.24, 2.45) is 0 Å². The molecule has 1 aromatic carbocycles.